The molecule has 9 heteroatoms. The van der Waals surface area contributed by atoms with Gasteiger partial charge in [0.15, 0.2) is 0 Å². The molecule has 0 unspecified atom stereocenters. The van der Waals surface area contributed by atoms with Crippen LogP contribution in [0.25, 0.3) is 11.1 Å². The van der Waals surface area contributed by atoms with Crippen molar-refractivity contribution >= 4 is 27.5 Å². The first-order valence-corrected chi connectivity index (χ1v) is 11.3. The normalized spacial score (nSPS) is 11.2. The van der Waals surface area contributed by atoms with Gasteiger partial charge in [0, 0.05) is 12.6 Å². The molecule has 3 rings (SSSR count). The van der Waals surface area contributed by atoms with E-state index in [1.165, 1.54) is 20.1 Å². The smallest absolute Gasteiger partial charge is 0.265 e. The van der Waals surface area contributed by atoms with E-state index in [9.17, 15) is 13.2 Å². The number of hydrogen-bond acceptors (Lipinski definition) is 6. The molecule has 1 aromatic heterocycles. The summed E-state index contributed by atoms with van der Waals surface area (Å²) >= 11 is 0. The Morgan fingerprint density at radius 3 is 2.39 bits per heavy atom. The van der Waals surface area contributed by atoms with Crippen molar-refractivity contribution < 1.29 is 22.5 Å². The van der Waals surface area contributed by atoms with Gasteiger partial charge in [-0.1, -0.05) is 37.2 Å². The van der Waals surface area contributed by atoms with Crippen molar-refractivity contribution in [1.82, 2.24) is 5.16 Å². The van der Waals surface area contributed by atoms with Gasteiger partial charge in [0.05, 0.1) is 18.4 Å². The summed E-state index contributed by atoms with van der Waals surface area (Å²) < 4.78 is 39.5. The van der Waals surface area contributed by atoms with Gasteiger partial charge >= 0.3 is 0 Å². The summed E-state index contributed by atoms with van der Waals surface area (Å²) in [6.45, 7) is 5.28. The number of carbonyl (C=O) groups excluding carboxylic acids is 1. The molecule has 0 fully saturated rings. The van der Waals surface area contributed by atoms with Crippen LogP contribution in [0.4, 0.5) is 11.6 Å². The summed E-state index contributed by atoms with van der Waals surface area (Å²) in [4.78, 5) is 11.5. The number of hydrogen-bond donors (Lipinski definition) is 2. The van der Waals surface area contributed by atoms with E-state index in [0.29, 0.717) is 28.9 Å². The fraction of sp³-hybridized carbons (Fsp3) is 0.273. The first-order chi connectivity index (χ1) is 14.8. The Labute approximate surface area is 181 Å². The highest BCUT2D eigenvalue weighted by molar-refractivity contribution is 7.92. The molecule has 0 saturated heterocycles. The zero-order valence-electron chi connectivity index (χ0n) is 17.9. The number of methoxy groups -OCH3 is 1. The van der Waals surface area contributed by atoms with Crippen molar-refractivity contribution in [2.24, 2.45) is 0 Å². The van der Waals surface area contributed by atoms with Crippen molar-refractivity contribution in [2.75, 3.05) is 17.1 Å². The average Bonchev–Trinajstić information content (AvgIpc) is 3.15. The van der Waals surface area contributed by atoms with Gasteiger partial charge in [-0.3, -0.25) is 14.8 Å². The lowest BCUT2D eigenvalue weighted by molar-refractivity contribution is -0.114. The van der Waals surface area contributed by atoms with Crippen molar-refractivity contribution in [2.45, 2.75) is 38.5 Å². The summed E-state index contributed by atoms with van der Waals surface area (Å²) in [6.07, 6.45) is 1.40. The van der Waals surface area contributed by atoms with E-state index in [2.05, 4.69) is 15.2 Å². The number of ether oxygens (including phenoxy) is 1. The summed E-state index contributed by atoms with van der Waals surface area (Å²) in [5.41, 5.74) is 3.21. The summed E-state index contributed by atoms with van der Waals surface area (Å²) in [5.74, 6) is 0.0385. The highest BCUT2D eigenvalue weighted by Crippen LogP contribution is 2.36. The zero-order chi connectivity index (χ0) is 22.6. The topological polar surface area (TPSA) is 111 Å². The summed E-state index contributed by atoms with van der Waals surface area (Å²) in [7, 11) is -2.55. The number of carbonyl (C=O) groups is 1. The molecule has 2 aromatic carbocycles. The van der Waals surface area contributed by atoms with Crippen LogP contribution in [0.15, 0.2) is 51.9 Å². The number of aromatic nitrogens is 1. The van der Waals surface area contributed by atoms with E-state index in [1.54, 1.807) is 24.3 Å². The minimum Gasteiger partial charge on any atom is -0.495 e. The maximum atomic E-state index is 13.2. The maximum Gasteiger partial charge on any atom is 0.265 e. The first kappa shape index (κ1) is 22.4. The minimum absolute atomic E-state index is 0.0379. The monoisotopic (exact) mass is 443 g/mol. The Kier molecular flexibility index (Phi) is 6.65. The van der Waals surface area contributed by atoms with Crippen LogP contribution in [0, 0.1) is 0 Å². The predicted molar refractivity (Wildman–Crippen MR) is 119 cm³/mol. The van der Waals surface area contributed by atoms with Crippen LogP contribution in [-0.4, -0.2) is 26.6 Å². The predicted octanol–water partition coefficient (Wildman–Crippen LogP) is 4.23. The number of rotatable bonds is 8. The van der Waals surface area contributed by atoms with E-state index < -0.39 is 10.0 Å². The molecule has 0 saturated carbocycles. The van der Waals surface area contributed by atoms with Crippen molar-refractivity contribution in [3.05, 3.63) is 53.7 Å². The Morgan fingerprint density at radius 2 is 1.81 bits per heavy atom. The second-order valence-electron chi connectivity index (χ2n) is 6.89. The number of amides is 1. The highest BCUT2D eigenvalue weighted by atomic mass is 32.2. The van der Waals surface area contributed by atoms with Crippen LogP contribution in [-0.2, 0) is 27.7 Å². The third-order valence-electron chi connectivity index (χ3n) is 4.74. The van der Waals surface area contributed by atoms with Crippen LogP contribution >= 0.6 is 0 Å². The van der Waals surface area contributed by atoms with Crippen LogP contribution in [0.3, 0.4) is 0 Å². The lowest BCUT2D eigenvalue weighted by Crippen LogP contribution is -2.14. The van der Waals surface area contributed by atoms with E-state index in [1.807, 2.05) is 26.0 Å². The number of nitrogens with zero attached hydrogens (tertiary/aromatic N) is 1. The Bertz CT molecular complexity index is 1180. The zero-order valence-corrected chi connectivity index (χ0v) is 18.7. The van der Waals surface area contributed by atoms with Crippen molar-refractivity contribution in [3.8, 4) is 16.9 Å². The van der Waals surface area contributed by atoms with Gasteiger partial charge in [-0.2, -0.15) is 0 Å². The summed E-state index contributed by atoms with van der Waals surface area (Å²) in [5, 5.41) is 6.60. The highest BCUT2D eigenvalue weighted by Gasteiger charge is 2.24. The van der Waals surface area contributed by atoms with E-state index >= 15 is 0 Å². The van der Waals surface area contributed by atoms with Crippen molar-refractivity contribution in [1.29, 1.82) is 0 Å². The fourth-order valence-corrected chi connectivity index (χ4v) is 4.42. The molecular formula is C22H25N3O5S. The minimum atomic E-state index is -3.96. The molecule has 31 heavy (non-hydrogen) atoms. The summed E-state index contributed by atoms with van der Waals surface area (Å²) in [6, 6.07) is 11.9. The lowest BCUT2D eigenvalue weighted by atomic mass is 10.0. The molecule has 0 aliphatic rings. The number of sulfonamides is 1. The lowest BCUT2D eigenvalue weighted by Gasteiger charge is -2.14. The molecule has 0 spiro atoms. The largest absolute Gasteiger partial charge is 0.495 e. The van der Waals surface area contributed by atoms with E-state index in [0.717, 1.165) is 12.0 Å². The molecule has 1 amide bonds. The van der Waals surface area contributed by atoms with Crippen molar-refractivity contribution in [3.63, 3.8) is 0 Å². The van der Waals surface area contributed by atoms with E-state index in [-0.39, 0.29) is 22.4 Å². The van der Waals surface area contributed by atoms with Gasteiger partial charge in [0.1, 0.15) is 10.6 Å². The number of nitrogens with one attached hydrogen (secondary N) is 2. The molecule has 0 aliphatic carbocycles. The van der Waals surface area contributed by atoms with Gasteiger partial charge < -0.3 is 9.26 Å². The van der Waals surface area contributed by atoms with Gasteiger partial charge in [-0.05, 0) is 48.2 Å². The van der Waals surface area contributed by atoms with Gasteiger partial charge in [0.2, 0.25) is 11.8 Å². The molecule has 0 radical (unpaired) electrons. The molecule has 3 aromatic rings. The second-order valence-corrected chi connectivity index (χ2v) is 8.54. The molecular weight excluding hydrogens is 418 g/mol. The number of benzene rings is 2. The quantitative estimate of drug-likeness (QED) is 0.539. The molecule has 8 nitrogen and oxygen atoms in total. The molecule has 0 atom stereocenters. The maximum absolute atomic E-state index is 13.2. The third-order valence-corrected chi connectivity index (χ3v) is 6.15. The molecule has 2 N–H and O–H groups in total. The molecule has 0 aliphatic heterocycles. The standard InChI is InChI=1S/C22H25N3O5S/c1-5-15-7-10-17(11-8-15)25-31(27,28)20-13-16(9-12-19(20)29-4)21-18(6-2)24-30-22(21)23-14(3)26/h7-13,25H,5-6H2,1-4H3,(H,23,26). The first-order valence-electron chi connectivity index (χ1n) is 9.85. The van der Waals surface area contributed by atoms with Crippen LogP contribution in [0.2, 0.25) is 0 Å². The van der Waals surface area contributed by atoms with Gasteiger partial charge in [-0.25, -0.2) is 8.42 Å². The molecule has 164 valence electrons. The van der Waals surface area contributed by atoms with Crippen LogP contribution < -0.4 is 14.8 Å². The second kappa shape index (κ2) is 9.22. The molecule has 0 bridgehead atoms. The Balaban J connectivity index is 2.07. The Hall–Kier alpha value is -3.33. The van der Waals surface area contributed by atoms with Crippen LogP contribution in [0.1, 0.15) is 32.0 Å². The fourth-order valence-electron chi connectivity index (χ4n) is 3.17. The van der Waals surface area contributed by atoms with Gasteiger partial charge in [0.25, 0.3) is 10.0 Å². The third kappa shape index (κ3) is 4.88. The van der Waals surface area contributed by atoms with Gasteiger partial charge in [-0.15, -0.1) is 0 Å². The average molecular weight is 444 g/mol. The van der Waals surface area contributed by atoms with Crippen LogP contribution in [0.5, 0.6) is 5.75 Å². The Morgan fingerprint density at radius 1 is 1.10 bits per heavy atom. The molecule has 1 heterocycles. The SMILES string of the molecule is CCc1ccc(NS(=O)(=O)c2cc(-c3c(CC)noc3NC(C)=O)ccc2OC)cc1. The number of anilines is 2. The number of aryl methyl sites for hydroxylation is 2. The van der Waals surface area contributed by atoms with E-state index in [4.69, 9.17) is 9.26 Å².